The van der Waals surface area contributed by atoms with Crippen molar-refractivity contribution < 1.29 is 14.3 Å². The average Bonchev–Trinajstić information content (AvgIpc) is 2.96. The van der Waals surface area contributed by atoms with Gasteiger partial charge in [-0.15, -0.1) is 0 Å². The Bertz CT molecular complexity index is 341. The number of ether oxygens (including phenoxy) is 2. The minimum atomic E-state index is -0.417. The Morgan fingerprint density at radius 3 is 2.55 bits per heavy atom. The Morgan fingerprint density at radius 1 is 1.20 bits per heavy atom. The molecular formula is C15H28N2O3. The van der Waals surface area contributed by atoms with E-state index in [0.717, 1.165) is 32.4 Å². The zero-order valence-corrected chi connectivity index (χ0v) is 13.1. The topological polar surface area (TPSA) is 50.8 Å². The highest BCUT2D eigenvalue weighted by atomic mass is 16.6. The number of hydrogen-bond acceptors (Lipinski definition) is 4. The van der Waals surface area contributed by atoms with E-state index in [-0.39, 0.29) is 6.09 Å². The number of nitrogens with zero attached hydrogens (tertiary/aromatic N) is 1. The second-order valence-corrected chi connectivity index (χ2v) is 6.95. The average molecular weight is 284 g/mol. The Morgan fingerprint density at radius 2 is 1.95 bits per heavy atom. The lowest BCUT2D eigenvalue weighted by molar-refractivity contribution is 0.0290. The van der Waals surface area contributed by atoms with E-state index < -0.39 is 5.60 Å². The molecule has 3 atom stereocenters. The largest absolute Gasteiger partial charge is 0.444 e. The molecule has 0 spiro atoms. The van der Waals surface area contributed by atoms with Crippen LogP contribution in [0.15, 0.2) is 0 Å². The third kappa shape index (κ3) is 4.35. The van der Waals surface area contributed by atoms with E-state index in [4.69, 9.17) is 9.47 Å². The lowest BCUT2D eigenvalue weighted by Crippen LogP contribution is -2.41. The summed E-state index contributed by atoms with van der Waals surface area (Å²) < 4.78 is 10.8. The first-order chi connectivity index (χ1) is 9.37. The molecule has 5 nitrogen and oxygen atoms in total. The number of carbonyl (C=O) groups excluding carboxylic acids is 1. The van der Waals surface area contributed by atoms with Crippen molar-refractivity contribution in [2.24, 2.45) is 0 Å². The molecule has 1 aliphatic carbocycles. The second kappa shape index (κ2) is 6.31. The van der Waals surface area contributed by atoms with E-state index >= 15 is 0 Å². The molecule has 1 aliphatic heterocycles. The fourth-order valence-electron chi connectivity index (χ4n) is 3.03. The van der Waals surface area contributed by atoms with Crippen LogP contribution in [0.2, 0.25) is 0 Å². The van der Waals surface area contributed by atoms with Gasteiger partial charge < -0.3 is 19.7 Å². The molecule has 5 heteroatoms. The van der Waals surface area contributed by atoms with Crippen LogP contribution in [0, 0.1) is 0 Å². The molecule has 1 saturated heterocycles. The van der Waals surface area contributed by atoms with Crippen molar-refractivity contribution in [3.05, 3.63) is 0 Å². The molecule has 116 valence electrons. The van der Waals surface area contributed by atoms with E-state index in [1.54, 1.807) is 7.11 Å². The molecule has 2 fully saturated rings. The summed E-state index contributed by atoms with van der Waals surface area (Å²) in [5, 5.41) is 3.66. The van der Waals surface area contributed by atoms with Crippen molar-refractivity contribution in [1.29, 1.82) is 0 Å². The number of rotatable bonds is 3. The predicted octanol–water partition coefficient (Wildman–Crippen LogP) is 2.15. The lowest BCUT2D eigenvalue weighted by atomic mass is 10.2. The number of nitrogens with one attached hydrogen (secondary N) is 1. The summed E-state index contributed by atoms with van der Waals surface area (Å²) in [6, 6.07) is 0.923. The monoisotopic (exact) mass is 284 g/mol. The maximum atomic E-state index is 12.0. The van der Waals surface area contributed by atoms with E-state index in [1.165, 1.54) is 6.42 Å². The molecule has 1 amide bonds. The smallest absolute Gasteiger partial charge is 0.410 e. The summed E-state index contributed by atoms with van der Waals surface area (Å²) in [4.78, 5) is 13.8. The van der Waals surface area contributed by atoms with Crippen molar-refractivity contribution in [3.63, 3.8) is 0 Å². The molecule has 0 aromatic heterocycles. The fraction of sp³-hybridized carbons (Fsp3) is 0.933. The molecule has 0 bridgehead atoms. The Hall–Kier alpha value is -0.810. The van der Waals surface area contributed by atoms with E-state index in [9.17, 15) is 4.79 Å². The van der Waals surface area contributed by atoms with Gasteiger partial charge in [0.1, 0.15) is 5.60 Å². The number of carbonyl (C=O) groups is 1. The maximum absolute atomic E-state index is 12.0. The van der Waals surface area contributed by atoms with Crippen LogP contribution >= 0.6 is 0 Å². The van der Waals surface area contributed by atoms with Crippen LogP contribution < -0.4 is 5.32 Å². The highest BCUT2D eigenvalue weighted by Crippen LogP contribution is 2.23. The maximum Gasteiger partial charge on any atom is 0.410 e. The molecular weight excluding hydrogens is 256 g/mol. The third-order valence-electron chi connectivity index (χ3n) is 4.03. The molecule has 2 aliphatic rings. The molecule has 2 rings (SSSR count). The first-order valence-corrected chi connectivity index (χ1v) is 7.64. The van der Waals surface area contributed by atoms with Gasteiger partial charge in [0.25, 0.3) is 0 Å². The van der Waals surface area contributed by atoms with Crippen LogP contribution in [0.4, 0.5) is 4.79 Å². The van der Waals surface area contributed by atoms with Gasteiger partial charge in [0.05, 0.1) is 6.10 Å². The van der Waals surface area contributed by atoms with Crippen molar-refractivity contribution in [3.8, 4) is 0 Å². The van der Waals surface area contributed by atoms with E-state index in [2.05, 4.69) is 5.32 Å². The van der Waals surface area contributed by atoms with Crippen LogP contribution in [-0.2, 0) is 9.47 Å². The summed E-state index contributed by atoms with van der Waals surface area (Å²) in [7, 11) is 1.78. The van der Waals surface area contributed by atoms with Gasteiger partial charge >= 0.3 is 6.09 Å². The summed E-state index contributed by atoms with van der Waals surface area (Å²) in [5.41, 5.74) is -0.417. The highest BCUT2D eigenvalue weighted by molar-refractivity contribution is 5.68. The Kier molecular flexibility index (Phi) is 4.91. The van der Waals surface area contributed by atoms with Gasteiger partial charge in [-0.25, -0.2) is 4.79 Å². The quantitative estimate of drug-likeness (QED) is 0.863. The summed E-state index contributed by atoms with van der Waals surface area (Å²) in [6.45, 7) is 7.25. The SMILES string of the molecule is COC1CCC(NC2CCN(C(=O)OC(C)(C)C)C2)C1. The third-order valence-corrected chi connectivity index (χ3v) is 4.03. The first kappa shape index (κ1) is 15.6. The van der Waals surface area contributed by atoms with Gasteiger partial charge in [-0.2, -0.15) is 0 Å². The molecule has 3 unspecified atom stereocenters. The standard InChI is InChI=1S/C15H28N2O3/c1-15(2,3)20-14(18)17-8-7-12(10-17)16-11-5-6-13(9-11)19-4/h11-13,16H,5-10H2,1-4H3. The minimum absolute atomic E-state index is 0.192. The van der Waals surface area contributed by atoms with E-state index in [0.29, 0.717) is 18.2 Å². The van der Waals surface area contributed by atoms with Crippen molar-refractivity contribution in [2.45, 2.75) is 70.2 Å². The molecule has 0 aromatic rings. The molecule has 1 saturated carbocycles. The highest BCUT2D eigenvalue weighted by Gasteiger charge is 2.32. The van der Waals surface area contributed by atoms with Gasteiger partial charge in [-0.3, -0.25) is 0 Å². The van der Waals surface area contributed by atoms with Gasteiger partial charge in [0.2, 0.25) is 0 Å². The number of amides is 1. The predicted molar refractivity (Wildman–Crippen MR) is 77.8 cm³/mol. The van der Waals surface area contributed by atoms with Crippen molar-refractivity contribution >= 4 is 6.09 Å². The molecule has 1 N–H and O–H groups in total. The number of methoxy groups -OCH3 is 1. The molecule has 1 heterocycles. The van der Waals surface area contributed by atoms with Crippen LogP contribution in [0.5, 0.6) is 0 Å². The van der Waals surface area contributed by atoms with Crippen molar-refractivity contribution in [2.75, 3.05) is 20.2 Å². The summed E-state index contributed by atoms with van der Waals surface area (Å²) >= 11 is 0. The van der Waals surface area contributed by atoms with Gasteiger partial charge in [0, 0.05) is 32.3 Å². The zero-order valence-electron chi connectivity index (χ0n) is 13.1. The van der Waals surface area contributed by atoms with Crippen LogP contribution in [0.3, 0.4) is 0 Å². The van der Waals surface area contributed by atoms with Crippen LogP contribution in [0.25, 0.3) is 0 Å². The number of likely N-dealkylation sites (tertiary alicyclic amines) is 1. The summed E-state index contributed by atoms with van der Waals surface area (Å²) in [5.74, 6) is 0. The summed E-state index contributed by atoms with van der Waals surface area (Å²) in [6.07, 6.45) is 4.60. The molecule has 20 heavy (non-hydrogen) atoms. The lowest BCUT2D eigenvalue weighted by Gasteiger charge is -2.25. The minimum Gasteiger partial charge on any atom is -0.444 e. The van der Waals surface area contributed by atoms with Crippen molar-refractivity contribution in [1.82, 2.24) is 10.2 Å². The fourth-order valence-corrected chi connectivity index (χ4v) is 3.03. The van der Waals surface area contributed by atoms with Gasteiger partial charge in [-0.05, 0) is 46.5 Å². The molecule has 0 radical (unpaired) electrons. The van der Waals surface area contributed by atoms with Crippen LogP contribution in [0.1, 0.15) is 46.5 Å². The Balaban J connectivity index is 1.74. The second-order valence-electron chi connectivity index (χ2n) is 6.95. The number of hydrogen-bond donors (Lipinski definition) is 1. The normalized spacial score (nSPS) is 30.8. The zero-order chi connectivity index (χ0) is 14.8. The van der Waals surface area contributed by atoms with Gasteiger partial charge in [0.15, 0.2) is 0 Å². The Labute approximate surface area is 122 Å². The van der Waals surface area contributed by atoms with E-state index in [1.807, 2.05) is 25.7 Å². The van der Waals surface area contributed by atoms with Gasteiger partial charge in [-0.1, -0.05) is 0 Å². The van der Waals surface area contributed by atoms with Crippen LogP contribution in [-0.4, -0.2) is 55.0 Å². The first-order valence-electron chi connectivity index (χ1n) is 7.64. The molecule has 0 aromatic carbocycles.